The van der Waals surface area contributed by atoms with Crippen LogP contribution in [0.25, 0.3) is 0 Å². The first-order valence-corrected chi connectivity index (χ1v) is 6.22. The van der Waals surface area contributed by atoms with Crippen LogP contribution < -0.4 is 11.1 Å². The molecule has 0 spiro atoms. The van der Waals surface area contributed by atoms with Gasteiger partial charge in [0, 0.05) is 18.1 Å². The van der Waals surface area contributed by atoms with Crippen molar-refractivity contribution in [1.29, 1.82) is 0 Å². The molecule has 0 saturated carbocycles. The van der Waals surface area contributed by atoms with Crippen molar-refractivity contribution < 1.29 is 4.79 Å². The highest BCUT2D eigenvalue weighted by Gasteiger charge is 2.33. The molecule has 1 aliphatic rings. The molecule has 0 aromatic rings. The molecule has 1 unspecified atom stereocenters. The molecule has 1 fully saturated rings. The molecular formula is C12H25N3O. The number of nitrogens with zero attached hydrogens (tertiary/aromatic N) is 1. The summed E-state index contributed by atoms with van der Waals surface area (Å²) in [5.41, 5.74) is 5.49. The van der Waals surface area contributed by atoms with E-state index in [0.717, 1.165) is 32.4 Å². The number of nitrogens with two attached hydrogens (primary N) is 1. The fourth-order valence-corrected chi connectivity index (χ4v) is 2.34. The summed E-state index contributed by atoms with van der Waals surface area (Å²) < 4.78 is 0. The third-order valence-electron chi connectivity index (χ3n) is 3.24. The van der Waals surface area contributed by atoms with Gasteiger partial charge in [0.05, 0.1) is 6.54 Å². The third-order valence-corrected chi connectivity index (χ3v) is 3.24. The predicted molar refractivity (Wildman–Crippen MR) is 66.2 cm³/mol. The van der Waals surface area contributed by atoms with Gasteiger partial charge in [-0.15, -0.1) is 0 Å². The molecule has 0 aromatic carbocycles. The Balaban J connectivity index is 2.51. The zero-order valence-electron chi connectivity index (χ0n) is 10.8. The lowest BCUT2D eigenvalue weighted by Gasteiger charge is -2.27. The second kappa shape index (κ2) is 5.64. The maximum Gasteiger partial charge on any atom is 0.231 e. The number of hydrogen-bond donors (Lipinski definition) is 2. The molecule has 4 nitrogen and oxygen atoms in total. The standard InChI is InChI=1S/C12H25N3O/c1-4-5-6-15(9-11(13)16)10-7-12(2,3)14-8-10/h10,14H,4-9H2,1-3H3,(H2,13,16). The molecule has 0 aromatic heterocycles. The van der Waals surface area contributed by atoms with Crippen LogP contribution in [0.2, 0.25) is 0 Å². The lowest BCUT2D eigenvalue weighted by Crippen LogP contribution is -2.42. The van der Waals surface area contributed by atoms with E-state index in [4.69, 9.17) is 5.73 Å². The van der Waals surface area contributed by atoms with Crippen molar-refractivity contribution in [1.82, 2.24) is 10.2 Å². The Labute approximate surface area is 98.6 Å². The molecule has 0 bridgehead atoms. The van der Waals surface area contributed by atoms with Crippen molar-refractivity contribution in [3.05, 3.63) is 0 Å². The van der Waals surface area contributed by atoms with E-state index in [1.54, 1.807) is 0 Å². The van der Waals surface area contributed by atoms with Crippen molar-refractivity contribution >= 4 is 5.91 Å². The van der Waals surface area contributed by atoms with Crippen molar-refractivity contribution in [2.24, 2.45) is 5.73 Å². The zero-order chi connectivity index (χ0) is 12.2. The lowest BCUT2D eigenvalue weighted by atomic mass is 10.0. The number of carbonyl (C=O) groups is 1. The van der Waals surface area contributed by atoms with Gasteiger partial charge >= 0.3 is 0 Å². The molecule has 4 heteroatoms. The third kappa shape index (κ3) is 4.10. The number of amides is 1. The summed E-state index contributed by atoms with van der Waals surface area (Å²) in [6.07, 6.45) is 3.37. The van der Waals surface area contributed by atoms with Gasteiger partial charge in [-0.25, -0.2) is 0 Å². The summed E-state index contributed by atoms with van der Waals surface area (Å²) in [6.45, 7) is 8.90. The summed E-state index contributed by atoms with van der Waals surface area (Å²) >= 11 is 0. The minimum Gasteiger partial charge on any atom is -0.369 e. The van der Waals surface area contributed by atoms with E-state index < -0.39 is 0 Å². The Morgan fingerprint density at radius 2 is 2.25 bits per heavy atom. The molecule has 0 aliphatic carbocycles. The van der Waals surface area contributed by atoms with E-state index in [1.807, 2.05) is 0 Å². The molecule has 16 heavy (non-hydrogen) atoms. The van der Waals surface area contributed by atoms with Gasteiger partial charge in [0.2, 0.25) is 5.91 Å². The fraction of sp³-hybridized carbons (Fsp3) is 0.917. The summed E-state index contributed by atoms with van der Waals surface area (Å²) in [7, 11) is 0. The highest BCUT2D eigenvalue weighted by atomic mass is 16.1. The molecule has 1 heterocycles. The Bertz CT molecular complexity index is 240. The van der Waals surface area contributed by atoms with E-state index in [9.17, 15) is 4.79 Å². The topological polar surface area (TPSA) is 58.4 Å². The zero-order valence-corrected chi connectivity index (χ0v) is 10.8. The summed E-state index contributed by atoms with van der Waals surface area (Å²) in [5.74, 6) is -0.221. The normalized spacial score (nSPS) is 23.9. The maximum absolute atomic E-state index is 11.1. The van der Waals surface area contributed by atoms with Crippen molar-refractivity contribution in [3.63, 3.8) is 0 Å². The number of rotatable bonds is 6. The second-order valence-corrected chi connectivity index (χ2v) is 5.41. The lowest BCUT2D eigenvalue weighted by molar-refractivity contribution is -0.119. The van der Waals surface area contributed by atoms with E-state index in [1.165, 1.54) is 0 Å². The SMILES string of the molecule is CCCCN(CC(N)=O)C1CNC(C)(C)C1. The van der Waals surface area contributed by atoms with Crippen LogP contribution in [0.5, 0.6) is 0 Å². The van der Waals surface area contributed by atoms with Crippen LogP contribution in [0.1, 0.15) is 40.0 Å². The highest BCUT2D eigenvalue weighted by Crippen LogP contribution is 2.22. The molecular weight excluding hydrogens is 202 g/mol. The van der Waals surface area contributed by atoms with Gasteiger partial charge in [0.25, 0.3) is 0 Å². The Hall–Kier alpha value is -0.610. The number of unbranched alkanes of at least 4 members (excludes halogenated alkanes) is 1. The molecule has 3 N–H and O–H groups in total. The first-order chi connectivity index (χ1) is 7.44. The van der Waals surface area contributed by atoms with E-state index in [-0.39, 0.29) is 11.4 Å². The van der Waals surface area contributed by atoms with Crippen LogP contribution in [0.3, 0.4) is 0 Å². The highest BCUT2D eigenvalue weighted by molar-refractivity contribution is 5.75. The molecule has 1 atom stereocenters. The minimum absolute atomic E-state index is 0.187. The number of hydrogen-bond acceptors (Lipinski definition) is 3. The van der Waals surface area contributed by atoms with Crippen LogP contribution in [0.4, 0.5) is 0 Å². The van der Waals surface area contributed by atoms with Crippen molar-refractivity contribution in [3.8, 4) is 0 Å². The van der Waals surface area contributed by atoms with E-state index in [0.29, 0.717) is 12.6 Å². The molecule has 94 valence electrons. The Morgan fingerprint density at radius 3 is 2.69 bits per heavy atom. The van der Waals surface area contributed by atoms with E-state index in [2.05, 4.69) is 31.0 Å². The number of carbonyl (C=O) groups excluding carboxylic acids is 1. The maximum atomic E-state index is 11.1. The monoisotopic (exact) mass is 227 g/mol. The van der Waals surface area contributed by atoms with Gasteiger partial charge < -0.3 is 11.1 Å². The molecule has 1 rings (SSSR count). The quantitative estimate of drug-likeness (QED) is 0.703. The Morgan fingerprint density at radius 1 is 1.56 bits per heavy atom. The Kier molecular flexibility index (Phi) is 4.74. The second-order valence-electron chi connectivity index (χ2n) is 5.41. The summed E-state index contributed by atoms with van der Waals surface area (Å²) in [5, 5.41) is 3.48. The average Bonchev–Trinajstić information content (AvgIpc) is 2.52. The van der Waals surface area contributed by atoms with Crippen LogP contribution in [-0.4, -0.2) is 42.0 Å². The van der Waals surface area contributed by atoms with Crippen LogP contribution >= 0.6 is 0 Å². The van der Waals surface area contributed by atoms with Gasteiger partial charge in [-0.05, 0) is 33.2 Å². The van der Waals surface area contributed by atoms with Gasteiger partial charge in [-0.1, -0.05) is 13.3 Å². The average molecular weight is 227 g/mol. The minimum atomic E-state index is -0.221. The first-order valence-electron chi connectivity index (χ1n) is 6.22. The molecule has 1 saturated heterocycles. The largest absolute Gasteiger partial charge is 0.369 e. The smallest absolute Gasteiger partial charge is 0.231 e. The van der Waals surface area contributed by atoms with Gasteiger partial charge in [0.15, 0.2) is 0 Å². The van der Waals surface area contributed by atoms with E-state index >= 15 is 0 Å². The molecule has 0 radical (unpaired) electrons. The number of primary amides is 1. The van der Waals surface area contributed by atoms with Gasteiger partial charge in [-0.3, -0.25) is 9.69 Å². The predicted octanol–water partition coefficient (Wildman–Crippen LogP) is 0.714. The van der Waals surface area contributed by atoms with Crippen LogP contribution in [-0.2, 0) is 4.79 Å². The van der Waals surface area contributed by atoms with Crippen molar-refractivity contribution in [2.75, 3.05) is 19.6 Å². The summed E-state index contributed by atoms with van der Waals surface area (Å²) in [6, 6.07) is 0.453. The van der Waals surface area contributed by atoms with Crippen LogP contribution in [0, 0.1) is 0 Å². The molecule has 1 aliphatic heterocycles. The van der Waals surface area contributed by atoms with Gasteiger partial charge in [0.1, 0.15) is 0 Å². The number of nitrogens with one attached hydrogen (secondary N) is 1. The fourth-order valence-electron chi connectivity index (χ4n) is 2.34. The summed E-state index contributed by atoms with van der Waals surface area (Å²) in [4.78, 5) is 13.3. The van der Waals surface area contributed by atoms with Crippen molar-refractivity contribution in [2.45, 2.75) is 51.6 Å². The van der Waals surface area contributed by atoms with Crippen LogP contribution in [0.15, 0.2) is 0 Å². The first kappa shape index (κ1) is 13.5. The van der Waals surface area contributed by atoms with Gasteiger partial charge in [-0.2, -0.15) is 0 Å². The molecule has 1 amide bonds.